The molecule has 0 spiro atoms. The zero-order chi connectivity index (χ0) is 14.7. The summed E-state index contributed by atoms with van der Waals surface area (Å²) in [4.78, 5) is 0. The van der Waals surface area contributed by atoms with E-state index < -0.39 is 11.9 Å². The van der Waals surface area contributed by atoms with E-state index in [1.165, 1.54) is 6.07 Å². The molecule has 0 amide bonds. The molecule has 20 heavy (non-hydrogen) atoms. The minimum absolute atomic E-state index is 0.233. The van der Waals surface area contributed by atoms with Crippen molar-refractivity contribution in [2.24, 2.45) is 5.73 Å². The van der Waals surface area contributed by atoms with E-state index in [1.807, 2.05) is 31.2 Å². The van der Waals surface area contributed by atoms with E-state index >= 15 is 0 Å². The molecule has 106 valence electrons. The van der Waals surface area contributed by atoms with Crippen LogP contribution in [0.1, 0.15) is 28.7 Å². The number of nitrogens with two attached hydrogens (primary N) is 1. The third-order valence-corrected chi connectivity index (χ3v) is 4.14. The fourth-order valence-electron chi connectivity index (χ4n) is 2.29. The molecule has 2 aromatic carbocycles. The van der Waals surface area contributed by atoms with Crippen molar-refractivity contribution in [3.05, 3.63) is 69.4 Å². The Kier molecular flexibility index (Phi) is 4.91. The number of hydrogen-bond donors (Lipinski definition) is 2. The number of halogens is 2. The zero-order valence-corrected chi connectivity index (χ0v) is 12.8. The maximum Gasteiger partial charge on any atom is 0.129 e. The molecule has 0 aromatic heterocycles. The molecule has 3 N–H and O–H groups in total. The molecule has 2 aromatic rings. The van der Waals surface area contributed by atoms with Crippen molar-refractivity contribution in [1.29, 1.82) is 0 Å². The smallest absolute Gasteiger partial charge is 0.129 e. The van der Waals surface area contributed by atoms with Gasteiger partial charge in [0.2, 0.25) is 0 Å². The van der Waals surface area contributed by atoms with Crippen LogP contribution in [-0.2, 0) is 0 Å². The molecule has 2 unspecified atom stereocenters. The van der Waals surface area contributed by atoms with E-state index in [2.05, 4.69) is 15.9 Å². The van der Waals surface area contributed by atoms with Crippen LogP contribution in [0.5, 0.6) is 0 Å². The van der Waals surface area contributed by atoms with Gasteiger partial charge < -0.3 is 10.8 Å². The van der Waals surface area contributed by atoms with Crippen LogP contribution in [0.3, 0.4) is 0 Å². The number of benzene rings is 2. The van der Waals surface area contributed by atoms with E-state index in [4.69, 9.17) is 5.73 Å². The summed E-state index contributed by atoms with van der Waals surface area (Å²) in [6.45, 7) is 2.05. The summed E-state index contributed by atoms with van der Waals surface area (Å²) in [6.07, 6.45) is -0.973. The van der Waals surface area contributed by atoms with Crippen LogP contribution in [0.25, 0.3) is 0 Å². The fraction of sp³-hybridized carbons (Fsp3) is 0.250. The van der Waals surface area contributed by atoms with Crippen LogP contribution >= 0.6 is 15.9 Å². The van der Waals surface area contributed by atoms with Gasteiger partial charge in [0.15, 0.2) is 0 Å². The summed E-state index contributed by atoms with van der Waals surface area (Å²) in [5, 5.41) is 10.5. The van der Waals surface area contributed by atoms with Gasteiger partial charge in [-0.15, -0.1) is 0 Å². The first-order chi connectivity index (χ1) is 9.54. The summed E-state index contributed by atoms with van der Waals surface area (Å²) in [5.74, 6) is -0.759. The SMILES string of the molecule is Cc1ccc(C(O)C(CN)c2ccccc2Br)c(F)c1. The van der Waals surface area contributed by atoms with Crippen LogP contribution in [0, 0.1) is 12.7 Å². The zero-order valence-electron chi connectivity index (χ0n) is 11.2. The Morgan fingerprint density at radius 1 is 1.20 bits per heavy atom. The minimum atomic E-state index is -0.973. The lowest BCUT2D eigenvalue weighted by Crippen LogP contribution is -2.21. The lowest BCUT2D eigenvalue weighted by atomic mass is 9.88. The first-order valence-corrected chi connectivity index (χ1v) is 7.22. The average Bonchev–Trinajstić information content (AvgIpc) is 2.41. The Bertz CT molecular complexity index is 603. The van der Waals surface area contributed by atoms with Gasteiger partial charge in [-0.05, 0) is 30.2 Å². The molecule has 0 radical (unpaired) electrons. The average molecular weight is 338 g/mol. The van der Waals surface area contributed by atoms with Crippen LogP contribution in [0.4, 0.5) is 4.39 Å². The summed E-state index contributed by atoms with van der Waals surface area (Å²) >= 11 is 3.45. The highest BCUT2D eigenvalue weighted by Crippen LogP contribution is 2.35. The van der Waals surface area contributed by atoms with Gasteiger partial charge in [0.1, 0.15) is 5.82 Å². The number of rotatable bonds is 4. The van der Waals surface area contributed by atoms with Crippen molar-refractivity contribution in [3.8, 4) is 0 Å². The van der Waals surface area contributed by atoms with E-state index in [0.717, 1.165) is 15.6 Å². The summed E-state index contributed by atoms with van der Waals surface area (Å²) < 4.78 is 14.9. The molecule has 0 heterocycles. The lowest BCUT2D eigenvalue weighted by molar-refractivity contribution is 0.143. The number of aryl methyl sites for hydroxylation is 1. The second-order valence-corrected chi connectivity index (χ2v) is 5.69. The number of aliphatic hydroxyl groups excluding tert-OH is 1. The second kappa shape index (κ2) is 6.48. The Balaban J connectivity index is 2.39. The minimum Gasteiger partial charge on any atom is -0.388 e. The van der Waals surface area contributed by atoms with E-state index in [-0.39, 0.29) is 18.0 Å². The van der Waals surface area contributed by atoms with Crippen molar-refractivity contribution in [2.45, 2.75) is 18.9 Å². The predicted octanol–water partition coefficient (Wildman–Crippen LogP) is 3.67. The molecule has 2 atom stereocenters. The first-order valence-electron chi connectivity index (χ1n) is 6.43. The highest BCUT2D eigenvalue weighted by Gasteiger charge is 2.25. The van der Waals surface area contributed by atoms with E-state index in [9.17, 15) is 9.50 Å². The molecule has 0 aliphatic rings. The van der Waals surface area contributed by atoms with Crippen LogP contribution in [0.2, 0.25) is 0 Å². The van der Waals surface area contributed by atoms with Gasteiger partial charge in [-0.3, -0.25) is 0 Å². The third kappa shape index (κ3) is 3.08. The number of aliphatic hydroxyl groups is 1. The van der Waals surface area contributed by atoms with Gasteiger partial charge in [0.25, 0.3) is 0 Å². The summed E-state index contributed by atoms with van der Waals surface area (Å²) in [7, 11) is 0. The highest BCUT2D eigenvalue weighted by atomic mass is 79.9. The maximum atomic E-state index is 14.0. The van der Waals surface area contributed by atoms with Crippen molar-refractivity contribution in [1.82, 2.24) is 0 Å². The maximum absolute atomic E-state index is 14.0. The van der Waals surface area contributed by atoms with Gasteiger partial charge in [-0.2, -0.15) is 0 Å². The Hall–Kier alpha value is -1.23. The van der Waals surface area contributed by atoms with Gasteiger partial charge >= 0.3 is 0 Å². The van der Waals surface area contributed by atoms with Gasteiger partial charge in [0, 0.05) is 22.5 Å². The van der Waals surface area contributed by atoms with Crippen LogP contribution < -0.4 is 5.73 Å². The van der Waals surface area contributed by atoms with E-state index in [1.54, 1.807) is 12.1 Å². The molecule has 0 bridgehead atoms. The van der Waals surface area contributed by atoms with Crippen LogP contribution in [-0.4, -0.2) is 11.7 Å². The molecular weight excluding hydrogens is 321 g/mol. The standard InChI is InChI=1S/C16H17BrFNO/c1-10-6-7-12(15(18)8-10)16(20)13(9-19)11-4-2-3-5-14(11)17/h2-8,13,16,20H,9,19H2,1H3. The van der Waals surface area contributed by atoms with Crippen molar-refractivity contribution in [2.75, 3.05) is 6.54 Å². The monoisotopic (exact) mass is 337 g/mol. The molecule has 0 saturated heterocycles. The Morgan fingerprint density at radius 3 is 2.50 bits per heavy atom. The molecule has 0 aliphatic carbocycles. The van der Waals surface area contributed by atoms with Crippen molar-refractivity contribution >= 4 is 15.9 Å². The molecule has 2 nitrogen and oxygen atoms in total. The van der Waals surface area contributed by atoms with Crippen molar-refractivity contribution in [3.63, 3.8) is 0 Å². The molecule has 0 aliphatic heterocycles. The number of hydrogen-bond acceptors (Lipinski definition) is 2. The van der Waals surface area contributed by atoms with E-state index in [0.29, 0.717) is 0 Å². The normalized spacial score (nSPS) is 14.1. The largest absolute Gasteiger partial charge is 0.388 e. The van der Waals surface area contributed by atoms with Crippen molar-refractivity contribution < 1.29 is 9.50 Å². The van der Waals surface area contributed by atoms with Gasteiger partial charge in [-0.1, -0.05) is 46.3 Å². The topological polar surface area (TPSA) is 46.2 Å². The van der Waals surface area contributed by atoms with Gasteiger partial charge in [0.05, 0.1) is 6.10 Å². The molecule has 0 saturated carbocycles. The summed E-state index contributed by atoms with van der Waals surface area (Å²) in [5.41, 5.74) is 7.77. The predicted molar refractivity (Wildman–Crippen MR) is 82.0 cm³/mol. The quantitative estimate of drug-likeness (QED) is 0.893. The molecule has 2 rings (SSSR count). The Labute approximate surface area is 126 Å². The second-order valence-electron chi connectivity index (χ2n) is 4.83. The lowest BCUT2D eigenvalue weighted by Gasteiger charge is -2.23. The van der Waals surface area contributed by atoms with Gasteiger partial charge in [-0.25, -0.2) is 4.39 Å². The summed E-state index contributed by atoms with van der Waals surface area (Å²) in [6, 6.07) is 12.4. The molecule has 4 heteroatoms. The molecule has 0 fully saturated rings. The highest BCUT2D eigenvalue weighted by molar-refractivity contribution is 9.10. The fourth-order valence-corrected chi connectivity index (χ4v) is 2.87. The molecular formula is C16H17BrFNO. The third-order valence-electron chi connectivity index (χ3n) is 3.41. The Morgan fingerprint density at radius 2 is 1.90 bits per heavy atom. The first kappa shape index (κ1) is 15.2. The van der Waals surface area contributed by atoms with Crippen LogP contribution in [0.15, 0.2) is 46.9 Å².